The Labute approximate surface area is 141 Å². The summed E-state index contributed by atoms with van der Waals surface area (Å²) in [6.45, 7) is 2.28. The van der Waals surface area contributed by atoms with Gasteiger partial charge in [0.2, 0.25) is 0 Å². The fourth-order valence-corrected chi connectivity index (χ4v) is 2.71. The van der Waals surface area contributed by atoms with Crippen LogP contribution in [-0.2, 0) is 6.61 Å². The van der Waals surface area contributed by atoms with Crippen molar-refractivity contribution in [3.05, 3.63) is 59.7 Å². The van der Waals surface area contributed by atoms with Gasteiger partial charge in [-0.3, -0.25) is 9.78 Å². The lowest BCUT2D eigenvalue weighted by Gasteiger charge is -2.31. The molecule has 1 N–H and O–H groups in total. The quantitative estimate of drug-likeness (QED) is 0.879. The normalized spacial score (nSPS) is 15.4. The van der Waals surface area contributed by atoms with Gasteiger partial charge in [0.15, 0.2) is 0 Å². The summed E-state index contributed by atoms with van der Waals surface area (Å²) in [7, 11) is 0. The number of amides is 1. The standard InChI is InChI=1S/C19H21FN2O2/c1-13(14-4-2-5-14)22-19(23)15-8-9-17(21-11-15)12-24-18-7-3-6-16(20)10-18/h3,6-11,13-14H,2,4-5,12H2,1H3,(H,22,23)/t13-/m1/s1. The zero-order valence-corrected chi connectivity index (χ0v) is 13.7. The molecule has 0 unspecified atom stereocenters. The van der Waals surface area contributed by atoms with E-state index < -0.39 is 0 Å². The topological polar surface area (TPSA) is 51.2 Å². The van der Waals surface area contributed by atoms with E-state index in [1.807, 2.05) is 0 Å². The fourth-order valence-electron chi connectivity index (χ4n) is 2.71. The zero-order chi connectivity index (χ0) is 16.9. The number of ether oxygens (including phenoxy) is 1. The van der Waals surface area contributed by atoms with Crippen LogP contribution in [0.3, 0.4) is 0 Å². The summed E-state index contributed by atoms with van der Waals surface area (Å²) in [6, 6.07) is 9.65. The van der Waals surface area contributed by atoms with Crippen molar-refractivity contribution in [1.82, 2.24) is 10.3 Å². The highest BCUT2D eigenvalue weighted by atomic mass is 19.1. The smallest absolute Gasteiger partial charge is 0.253 e. The lowest BCUT2D eigenvalue weighted by molar-refractivity contribution is 0.0909. The minimum Gasteiger partial charge on any atom is -0.487 e. The highest BCUT2D eigenvalue weighted by molar-refractivity contribution is 5.94. The van der Waals surface area contributed by atoms with E-state index in [0.29, 0.717) is 22.9 Å². The van der Waals surface area contributed by atoms with E-state index in [1.165, 1.54) is 31.4 Å². The molecule has 0 spiro atoms. The largest absolute Gasteiger partial charge is 0.487 e. The van der Waals surface area contributed by atoms with Crippen LogP contribution in [0.1, 0.15) is 42.2 Å². The Morgan fingerprint density at radius 1 is 1.38 bits per heavy atom. The predicted octanol–water partition coefficient (Wildman–Crippen LogP) is 3.72. The van der Waals surface area contributed by atoms with Crippen LogP contribution < -0.4 is 10.1 Å². The van der Waals surface area contributed by atoms with Gasteiger partial charge < -0.3 is 10.1 Å². The van der Waals surface area contributed by atoms with Gasteiger partial charge in [-0.05, 0) is 49.9 Å². The van der Waals surface area contributed by atoms with E-state index in [2.05, 4.69) is 17.2 Å². The first-order valence-electron chi connectivity index (χ1n) is 8.26. The maximum absolute atomic E-state index is 13.1. The van der Waals surface area contributed by atoms with Gasteiger partial charge >= 0.3 is 0 Å². The molecule has 1 amide bonds. The number of hydrogen-bond acceptors (Lipinski definition) is 3. The van der Waals surface area contributed by atoms with Crippen LogP contribution in [0.5, 0.6) is 5.75 Å². The molecular formula is C19H21FN2O2. The summed E-state index contributed by atoms with van der Waals surface area (Å²) in [6.07, 6.45) is 5.19. The Bertz CT molecular complexity index is 699. The highest BCUT2D eigenvalue weighted by Crippen LogP contribution is 2.29. The number of halogens is 1. The SMILES string of the molecule is C[C@@H](NC(=O)c1ccc(COc2cccc(F)c2)nc1)C1CCC1. The molecule has 3 rings (SSSR count). The zero-order valence-electron chi connectivity index (χ0n) is 13.7. The first-order valence-corrected chi connectivity index (χ1v) is 8.26. The van der Waals surface area contributed by atoms with Crippen LogP contribution in [0.15, 0.2) is 42.6 Å². The van der Waals surface area contributed by atoms with Gasteiger partial charge in [0, 0.05) is 18.3 Å². The number of nitrogens with one attached hydrogen (secondary N) is 1. The molecule has 1 aliphatic rings. The lowest BCUT2D eigenvalue weighted by atomic mass is 9.80. The number of nitrogens with zero attached hydrogens (tertiary/aromatic N) is 1. The second-order valence-corrected chi connectivity index (χ2v) is 6.24. The molecule has 0 radical (unpaired) electrons. The van der Waals surface area contributed by atoms with Crippen LogP contribution in [0, 0.1) is 11.7 Å². The maximum Gasteiger partial charge on any atom is 0.253 e. The molecule has 2 aromatic rings. The molecule has 0 bridgehead atoms. The van der Waals surface area contributed by atoms with Gasteiger partial charge in [-0.1, -0.05) is 12.5 Å². The Kier molecular flexibility index (Phi) is 5.08. The Balaban J connectivity index is 1.53. The van der Waals surface area contributed by atoms with E-state index in [0.717, 1.165) is 0 Å². The third-order valence-corrected chi connectivity index (χ3v) is 4.49. The number of aromatic nitrogens is 1. The summed E-state index contributed by atoms with van der Waals surface area (Å²) >= 11 is 0. The Morgan fingerprint density at radius 3 is 2.83 bits per heavy atom. The summed E-state index contributed by atoms with van der Waals surface area (Å²) in [4.78, 5) is 16.4. The monoisotopic (exact) mass is 328 g/mol. The Hall–Kier alpha value is -2.43. The first-order chi connectivity index (χ1) is 11.6. The summed E-state index contributed by atoms with van der Waals surface area (Å²) in [5, 5.41) is 3.03. The van der Waals surface area contributed by atoms with Crippen molar-refractivity contribution in [2.24, 2.45) is 5.92 Å². The molecular weight excluding hydrogens is 307 g/mol. The molecule has 1 saturated carbocycles. The molecule has 1 atom stereocenters. The van der Waals surface area contributed by atoms with Crippen LogP contribution in [-0.4, -0.2) is 16.9 Å². The predicted molar refractivity (Wildman–Crippen MR) is 89.2 cm³/mol. The molecule has 1 aliphatic carbocycles. The summed E-state index contributed by atoms with van der Waals surface area (Å²) < 4.78 is 18.6. The molecule has 4 nitrogen and oxygen atoms in total. The van der Waals surface area contributed by atoms with Gasteiger partial charge in [0.25, 0.3) is 5.91 Å². The molecule has 0 saturated heterocycles. The van der Waals surface area contributed by atoms with Gasteiger partial charge in [-0.2, -0.15) is 0 Å². The summed E-state index contributed by atoms with van der Waals surface area (Å²) in [5.41, 5.74) is 1.22. The van der Waals surface area contributed by atoms with Crippen LogP contribution in [0.4, 0.5) is 4.39 Å². The second kappa shape index (κ2) is 7.43. The van der Waals surface area contributed by atoms with Gasteiger partial charge in [-0.25, -0.2) is 4.39 Å². The molecule has 1 fully saturated rings. The summed E-state index contributed by atoms with van der Waals surface area (Å²) in [5.74, 6) is 0.612. The molecule has 1 aromatic heterocycles. The van der Waals surface area contributed by atoms with Gasteiger partial charge in [-0.15, -0.1) is 0 Å². The molecule has 0 aliphatic heterocycles. The van der Waals surface area contributed by atoms with Crippen molar-refractivity contribution in [1.29, 1.82) is 0 Å². The van der Waals surface area contributed by atoms with Crippen molar-refractivity contribution >= 4 is 5.91 Å². The third-order valence-electron chi connectivity index (χ3n) is 4.49. The van der Waals surface area contributed by atoms with Crippen LogP contribution in [0.2, 0.25) is 0 Å². The fraction of sp³-hybridized carbons (Fsp3) is 0.368. The van der Waals surface area contributed by atoms with Gasteiger partial charge in [0.1, 0.15) is 18.2 Å². The molecule has 1 heterocycles. The van der Waals surface area contributed by atoms with Crippen molar-refractivity contribution in [3.63, 3.8) is 0 Å². The first kappa shape index (κ1) is 16.4. The molecule has 126 valence electrons. The van der Waals surface area contributed by atoms with E-state index in [-0.39, 0.29) is 24.4 Å². The van der Waals surface area contributed by atoms with Crippen molar-refractivity contribution in [2.75, 3.05) is 0 Å². The second-order valence-electron chi connectivity index (χ2n) is 6.24. The number of benzene rings is 1. The number of rotatable bonds is 6. The minimum atomic E-state index is -0.340. The maximum atomic E-state index is 13.1. The number of hydrogen-bond donors (Lipinski definition) is 1. The van der Waals surface area contributed by atoms with Crippen LogP contribution in [0.25, 0.3) is 0 Å². The molecule has 24 heavy (non-hydrogen) atoms. The van der Waals surface area contributed by atoms with Crippen molar-refractivity contribution in [2.45, 2.75) is 38.8 Å². The average molecular weight is 328 g/mol. The number of carbonyl (C=O) groups is 1. The highest BCUT2D eigenvalue weighted by Gasteiger charge is 2.25. The third kappa shape index (κ3) is 4.10. The van der Waals surface area contributed by atoms with E-state index in [9.17, 15) is 9.18 Å². The molecule has 1 aromatic carbocycles. The van der Waals surface area contributed by atoms with Crippen molar-refractivity contribution in [3.8, 4) is 5.75 Å². The van der Waals surface area contributed by atoms with Crippen molar-refractivity contribution < 1.29 is 13.9 Å². The van der Waals surface area contributed by atoms with E-state index in [1.54, 1.807) is 30.5 Å². The lowest BCUT2D eigenvalue weighted by Crippen LogP contribution is -2.40. The van der Waals surface area contributed by atoms with E-state index in [4.69, 9.17) is 4.74 Å². The Morgan fingerprint density at radius 2 is 2.21 bits per heavy atom. The van der Waals surface area contributed by atoms with Gasteiger partial charge in [0.05, 0.1) is 11.3 Å². The number of pyridine rings is 1. The van der Waals surface area contributed by atoms with E-state index >= 15 is 0 Å². The number of carbonyl (C=O) groups excluding carboxylic acids is 1. The average Bonchev–Trinajstić information content (AvgIpc) is 2.51. The molecule has 5 heteroatoms. The minimum absolute atomic E-state index is 0.0977. The van der Waals surface area contributed by atoms with Crippen LogP contribution >= 0.6 is 0 Å².